The van der Waals surface area contributed by atoms with E-state index in [-0.39, 0.29) is 29.8 Å². The van der Waals surface area contributed by atoms with Crippen LogP contribution in [0, 0.1) is 5.92 Å². The van der Waals surface area contributed by atoms with Crippen LogP contribution in [0.4, 0.5) is 0 Å². The molecule has 0 saturated carbocycles. The number of likely N-dealkylation sites (tertiary alicyclic amines) is 1. The number of aryl methyl sites for hydroxylation is 1. The van der Waals surface area contributed by atoms with E-state index >= 15 is 0 Å². The Morgan fingerprint density at radius 2 is 2.22 bits per heavy atom. The number of nitrogens with one attached hydrogen (secondary N) is 2. The number of nitrogens with zero attached hydrogens (tertiary/aromatic N) is 3. The molecule has 2 N–H and O–H groups in total. The van der Waals surface area contributed by atoms with Crippen LogP contribution in [-0.2, 0) is 16.6 Å². The highest BCUT2D eigenvalue weighted by molar-refractivity contribution is 5.85. The van der Waals surface area contributed by atoms with Gasteiger partial charge in [0.15, 0.2) is 0 Å². The van der Waals surface area contributed by atoms with E-state index in [0.717, 1.165) is 31.5 Å². The van der Waals surface area contributed by atoms with Gasteiger partial charge in [-0.15, -0.1) is 0 Å². The first-order valence-corrected chi connectivity index (χ1v) is 8.31. The maximum absolute atomic E-state index is 12.8. The number of aromatic nitrogens is 2. The molecule has 3 heterocycles. The number of rotatable bonds is 3. The van der Waals surface area contributed by atoms with Gasteiger partial charge >= 0.3 is 0 Å². The Balaban J connectivity index is 1.77. The fourth-order valence-corrected chi connectivity index (χ4v) is 3.64. The van der Waals surface area contributed by atoms with Crippen LogP contribution in [0.5, 0.6) is 0 Å². The van der Waals surface area contributed by atoms with Crippen molar-refractivity contribution in [1.29, 1.82) is 0 Å². The second-order valence-electron chi connectivity index (χ2n) is 6.59. The van der Waals surface area contributed by atoms with Gasteiger partial charge in [-0.25, -0.2) is 0 Å². The minimum Gasteiger partial charge on any atom is -0.352 e. The van der Waals surface area contributed by atoms with Crippen molar-refractivity contribution in [2.75, 3.05) is 20.1 Å². The molecule has 1 aromatic heterocycles. The number of carbonyl (C=O) groups is 2. The summed E-state index contributed by atoms with van der Waals surface area (Å²) < 4.78 is 1.71. The van der Waals surface area contributed by atoms with E-state index in [9.17, 15) is 9.59 Å². The zero-order chi connectivity index (χ0) is 16.4. The van der Waals surface area contributed by atoms with Gasteiger partial charge in [-0.2, -0.15) is 5.10 Å². The van der Waals surface area contributed by atoms with Crippen LogP contribution < -0.4 is 10.6 Å². The molecular weight excluding hydrogens is 294 g/mol. The monoisotopic (exact) mass is 319 g/mol. The predicted octanol–water partition coefficient (Wildman–Crippen LogP) is 0.198. The number of carbonyl (C=O) groups excluding carboxylic acids is 2. The van der Waals surface area contributed by atoms with Gasteiger partial charge in [0.1, 0.15) is 0 Å². The predicted molar refractivity (Wildman–Crippen MR) is 85.5 cm³/mol. The Morgan fingerprint density at radius 1 is 1.39 bits per heavy atom. The highest BCUT2D eigenvalue weighted by Gasteiger charge is 2.40. The van der Waals surface area contributed by atoms with Gasteiger partial charge in [0.05, 0.1) is 18.2 Å². The molecule has 126 valence electrons. The number of amides is 2. The summed E-state index contributed by atoms with van der Waals surface area (Å²) in [6.07, 6.45) is 6.76. The summed E-state index contributed by atoms with van der Waals surface area (Å²) in [6, 6.07) is -0.0461. The average Bonchev–Trinajstić information content (AvgIpc) is 2.96. The topological polar surface area (TPSA) is 79.3 Å². The van der Waals surface area contributed by atoms with Gasteiger partial charge in [-0.1, -0.05) is 0 Å². The highest BCUT2D eigenvalue weighted by Crippen LogP contribution is 2.35. The molecule has 0 aliphatic carbocycles. The maximum Gasteiger partial charge on any atom is 0.225 e. The first-order chi connectivity index (χ1) is 11.1. The van der Waals surface area contributed by atoms with Crippen LogP contribution in [-0.4, -0.2) is 52.7 Å². The molecule has 23 heavy (non-hydrogen) atoms. The standard InChI is InChI=1S/C16H25N5O2/c1-20-10-11(8-18-20)15-13(5-6-14(22)21(15)2)16(23)19-12-4-3-7-17-9-12/h8,10,12-13,15,17H,3-7,9H2,1-2H3,(H,19,23)/t12-,13?,15?/m0/s1. The molecule has 2 fully saturated rings. The van der Waals surface area contributed by atoms with Gasteiger partial charge in [0.2, 0.25) is 11.8 Å². The van der Waals surface area contributed by atoms with Crippen molar-refractivity contribution < 1.29 is 9.59 Å². The first kappa shape index (κ1) is 16.0. The van der Waals surface area contributed by atoms with E-state index in [1.54, 1.807) is 22.8 Å². The summed E-state index contributed by atoms with van der Waals surface area (Å²) in [5, 5.41) is 10.7. The Labute approximate surface area is 136 Å². The molecule has 2 saturated heterocycles. The Kier molecular flexibility index (Phi) is 4.66. The first-order valence-electron chi connectivity index (χ1n) is 8.31. The average molecular weight is 319 g/mol. The Bertz CT molecular complexity index is 579. The summed E-state index contributed by atoms with van der Waals surface area (Å²) in [7, 11) is 3.62. The lowest BCUT2D eigenvalue weighted by Crippen LogP contribution is -2.51. The third kappa shape index (κ3) is 3.39. The molecule has 1 aromatic rings. The zero-order valence-corrected chi connectivity index (χ0v) is 13.8. The molecule has 7 heteroatoms. The van der Waals surface area contributed by atoms with Crippen molar-refractivity contribution in [2.24, 2.45) is 13.0 Å². The second kappa shape index (κ2) is 6.70. The van der Waals surface area contributed by atoms with Crippen LogP contribution in [0.3, 0.4) is 0 Å². The maximum atomic E-state index is 12.8. The number of piperidine rings is 2. The summed E-state index contributed by atoms with van der Waals surface area (Å²) >= 11 is 0. The minimum atomic E-state index is -0.235. The highest BCUT2D eigenvalue weighted by atomic mass is 16.2. The molecule has 0 aromatic carbocycles. The van der Waals surface area contributed by atoms with Crippen molar-refractivity contribution in [3.05, 3.63) is 18.0 Å². The normalized spacial score (nSPS) is 28.7. The van der Waals surface area contributed by atoms with Crippen LogP contribution in [0.2, 0.25) is 0 Å². The summed E-state index contributed by atoms with van der Waals surface area (Å²) in [6.45, 7) is 1.84. The Hall–Kier alpha value is -1.89. The quantitative estimate of drug-likeness (QED) is 0.834. The van der Waals surface area contributed by atoms with Crippen molar-refractivity contribution in [1.82, 2.24) is 25.3 Å². The minimum absolute atomic E-state index is 0.0481. The summed E-state index contributed by atoms with van der Waals surface area (Å²) in [5.41, 5.74) is 0.921. The lowest BCUT2D eigenvalue weighted by molar-refractivity contribution is -0.141. The third-order valence-electron chi connectivity index (χ3n) is 4.91. The zero-order valence-electron chi connectivity index (χ0n) is 13.8. The van der Waals surface area contributed by atoms with E-state index in [2.05, 4.69) is 15.7 Å². The van der Waals surface area contributed by atoms with Gasteiger partial charge in [0.25, 0.3) is 0 Å². The molecule has 3 atom stereocenters. The van der Waals surface area contributed by atoms with E-state index in [0.29, 0.717) is 12.8 Å². The van der Waals surface area contributed by atoms with Crippen LogP contribution >= 0.6 is 0 Å². The Morgan fingerprint density at radius 3 is 2.87 bits per heavy atom. The van der Waals surface area contributed by atoms with Gasteiger partial charge in [0, 0.05) is 44.9 Å². The van der Waals surface area contributed by atoms with Crippen LogP contribution in [0.15, 0.2) is 12.4 Å². The van der Waals surface area contributed by atoms with Gasteiger partial charge in [-0.05, 0) is 25.8 Å². The molecular formula is C16H25N5O2. The molecule has 3 rings (SSSR count). The van der Waals surface area contributed by atoms with Gasteiger partial charge < -0.3 is 15.5 Å². The van der Waals surface area contributed by atoms with Gasteiger partial charge in [-0.3, -0.25) is 14.3 Å². The smallest absolute Gasteiger partial charge is 0.225 e. The SMILES string of the molecule is CN1C(=O)CCC(C(=O)N[C@H]2CCCNC2)C1c1cnn(C)c1. The number of hydrogen-bond acceptors (Lipinski definition) is 4. The molecule has 0 radical (unpaired) electrons. The molecule has 2 amide bonds. The molecule has 2 aliphatic heterocycles. The van der Waals surface area contributed by atoms with Crippen molar-refractivity contribution >= 4 is 11.8 Å². The van der Waals surface area contributed by atoms with E-state index < -0.39 is 0 Å². The molecule has 2 unspecified atom stereocenters. The van der Waals surface area contributed by atoms with Crippen molar-refractivity contribution in [3.8, 4) is 0 Å². The molecule has 2 aliphatic rings. The lowest BCUT2D eigenvalue weighted by atomic mass is 9.84. The van der Waals surface area contributed by atoms with E-state index in [4.69, 9.17) is 0 Å². The molecule has 7 nitrogen and oxygen atoms in total. The second-order valence-corrected chi connectivity index (χ2v) is 6.59. The van der Waals surface area contributed by atoms with E-state index in [1.165, 1.54) is 0 Å². The van der Waals surface area contributed by atoms with Crippen molar-refractivity contribution in [3.63, 3.8) is 0 Å². The van der Waals surface area contributed by atoms with Crippen LogP contribution in [0.25, 0.3) is 0 Å². The number of hydrogen-bond donors (Lipinski definition) is 2. The largest absolute Gasteiger partial charge is 0.352 e. The summed E-state index contributed by atoms with van der Waals surface area (Å²) in [5.74, 6) is -0.0852. The van der Waals surface area contributed by atoms with E-state index in [1.807, 2.05) is 13.2 Å². The van der Waals surface area contributed by atoms with Crippen LogP contribution in [0.1, 0.15) is 37.3 Å². The fourth-order valence-electron chi connectivity index (χ4n) is 3.64. The lowest BCUT2D eigenvalue weighted by Gasteiger charge is -2.38. The fraction of sp³-hybridized carbons (Fsp3) is 0.688. The molecule has 0 bridgehead atoms. The van der Waals surface area contributed by atoms with Crippen molar-refractivity contribution in [2.45, 2.75) is 37.8 Å². The third-order valence-corrected chi connectivity index (χ3v) is 4.91. The molecule has 0 spiro atoms. The summed E-state index contributed by atoms with van der Waals surface area (Å²) in [4.78, 5) is 26.6.